The molecule has 1 unspecified atom stereocenters. The Hall–Kier alpha value is -1.81. The largest absolute Gasteiger partial charge is 0.486 e. The highest BCUT2D eigenvalue weighted by Gasteiger charge is 2.01. The van der Waals surface area contributed by atoms with E-state index in [1.807, 2.05) is 24.3 Å². The second-order valence-electron chi connectivity index (χ2n) is 3.96. The number of rotatable bonds is 5. The van der Waals surface area contributed by atoms with Gasteiger partial charge in [-0.2, -0.15) is 0 Å². The molecule has 4 heteroatoms. The SMILES string of the molecule is CC(O)Cc1ccc(OCc2ccno2)cc1. The van der Waals surface area contributed by atoms with E-state index >= 15 is 0 Å². The number of hydrogen-bond acceptors (Lipinski definition) is 4. The van der Waals surface area contributed by atoms with Crippen molar-refractivity contribution < 1.29 is 14.4 Å². The zero-order valence-electron chi connectivity index (χ0n) is 9.67. The quantitative estimate of drug-likeness (QED) is 0.860. The Morgan fingerprint density at radius 2 is 2.06 bits per heavy atom. The first-order valence-corrected chi connectivity index (χ1v) is 5.53. The third-order valence-electron chi connectivity index (χ3n) is 2.33. The molecule has 0 spiro atoms. The summed E-state index contributed by atoms with van der Waals surface area (Å²) in [5.74, 6) is 1.47. The number of aliphatic hydroxyl groups excluding tert-OH is 1. The number of benzene rings is 1. The summed E-state index contributed by atoms with van der Waals surface area (Å²) in [6.07, 6.45) is 1.92. The van der Waals surface area contributed by atoms with Gasteiger partial charge in [-0.15, -0.1) is 0 Å². The van der Waals surface area contributed by atoms with E-state index in [1.165, 1.54) is 0 Å². The minimum absolute atomic E-state index is 0.323. The van der Waals surface area contributed by atoms with Gasteiger partial charge in [0.15, 0.2) is 5.76 Å². The molecule has 0 aliphatic rings. The summed E-state index contributed by atoms with van der Waals surface area (Å²) in [5, 5.41) is 12.9. The van der Waals surface area contributed by atoms with Crippen LogP contribution in [0.5, 0.6) is 5.75 Å². The average molecular weight is 233 g/mol. The molecule has 0 fully saturated rings. The van der Waals surface area contributed by atoms with Crippen LogP contribution in [0.2, 0.25) is 0 Å². The lowest BCUT2D eigenvalue weighted by molar-refractivity contribution is 0.195. The molecule has 0 saturated heterocycles. The first-order valence-electron chi connectivity index (χ1n) is 5.53. The molecule has 1 aromatic heterocycles. The standard InChI is InChI=1S/C13H15NO3/c1-10(15)8-11-2-4-12(5-3-11)16-9-13-6-7-14-17-13/h2-7,10,15H,8-9H2,1H3. The maximum absolute atomic E-state index is 9.25. The Morgan fingerprint density at radius 3 is 2.65 bits per heavy atom. The van der Waals surface area contributed by atoms with Crippen molar-refractivity contribution in [3.63, 3.8) is 0 Å². The molecule has 1 N–H and O–H groups in total. The third-order valence-corrected chi connectivity index (χ3v) is 2.33. The molecular weight excluding hydrogens is 218 g/mol. The Morgan fingerprint density at radius 1 is 1.29 bits per heavy atom. The lowest BCUT2D eigenvalue weighted by atomic mass is 10.1. The molecule has 90 valence electrons. The summed E-state index contributed by atoms with van der Waals surface area (Å²) in [5.41, 5.74) is 1.09. The molecule has 0 amide bonds. The van der Waals surface area contributed by atoms with Crippen LogP contribution in [0.3, 0.4) is 0 Å². The van der Waals surface area contributed by atoms with E-state index in [4.69, 9.17) is 9.26 Å². The summed E-state index contributed by atoms with van der Waals surface area (Å²) in [6, 6.07) is 9.43. The normalized spacial score (nSPS) is 12.4. The van der Waals surface area contributed by atoms with E-state index in [1.54, 1.807) is 19.2 Å². The van der Waals surface area contributed by atoms with Gasteiger partial charge < -0.3 is 14.4 Å². The maximum Gasteiger partial charge on any atom is 0.174 e. The van der Waals surface area contributed by atoms with E-state index < -0.39 is 0 Å². The first-order chi connectivity index (χ1) is 8.24. The van der Waals surface area contributed by atoms with Crippen LogP contribution < -0.4 is 4.74 Å². The molecule has 1 atom stereocenters. The van der Waals surface area contributed by atoms with Crippen molar-refractivity contribution in [1.29, 1.82) is 0 Å². The van der Waals surface area contributed by atoms with Gasteiger partial charge in [-0.05, 0) is 31.0 Å². The van der Waals surface area contributed by atoms with Crippen molar-refractivity contribution in [3.05, 3.63) is 47.9 Å². The summed E-state index contributed by atoms with van der Waals surface area (Å²) < 4.78 is 10.4. The van der Waals surface area contributed by atoms with Crippen LogP contribution in [0.1, 0.15) is 18.2 Å². The summed E-state index contributed by atoms with van der Waals surface area (Å²) in [4.78, 5) is 0. The van der Waals surface area contributed by atoms with Crippen LogP contribution in [0.25, 0.3) is 0 Å². The van der Waals surface area contributed by atoms with Gasteiger partial charge in [0, 0.05) is 6.07 Å². The molecule has 0 aliphatic carbocycles. The van der Waals surface area contributed by atoms with Crippen LogP contribution in [0.4, 0.5) is 0 Å². The third kappa shape index (κ3) is 3.60. The molecule has 0 bridgehead atoms. The highest BCUT2D eigenvalue weighted by molar-refractivity contribution is 5.27. The van der Waals surface area contributed by atoms with Crippen molar-refractivity contribution in [2.75, 3.05) is 0 Å². The smallest absolute Gasteiger partial charge is 0.174 e. The lowest BCUT2D eigenvalue weighted by Crippen LogP contribution is -2.03. The molecule has 2 aromatic rings. The molecule has 1 heterocycles. The Kier molecular flexibility index (Phi) is 3.77. The van der Waals surface area contributed by atoms with Gasteiger partial charge in [-0.25, -0.2) is 0 Å². The highest BCUT2D eigenvalue weighted by atomic mass is 16.5. The maximum atomic E-state index is 9.25. The van der Waals surface area contributed by atoms with Crippen LogP contribution in [-0.4, -0.2) is 16.4 Å². The van der Waals surface area contributed by atoms with Gasteiger partial charge in [0.1, 0.15) is 12.4 Å². The van der Waals surface area contributed by atoms with Gasteiger partial charge in [-0.3, -0.25) is 0 Å². The molecule has 0 radical (unpaired) electrons. The van der Waals surface area contributed by atoms with E-state index in [0.29, 0.717) is 18.8 Å². The van der Waals surface area contributed by atoms with Crippen LogP contribution in [0.15, 0.2) is 41.1 Å². The van der Waals surface area contributed by atoms with Crippen LogP contribution in [-0.2, 0) is 13.0 Å². The lowest BCUT2D eigenvalue weighted by Gasteiger charge is -2.06. The highest BCUT2D eigenvalue weighted by Crippen LogP contribution is 2.15. The fourth-order valence-electron chi connectivity index (χ4n) is 1.53. The van der Waals surface area contributed by atoms with Gasteiger partial charge in [-0.1, -0.05) is 17.3 Å². The zero-order valence-corrected chi connectivity index (χ0v) is 9.67. The predicted molar refractivity (Wildman–Crippen MR) is 62.7 cm³/mol. The molecule has 0 saturated carbocycles. The molecular formula is C13H15NO3. The van der Waals surface area contributed by atoms with Crippen molar-refractivity contribution in [2.24, 2.45) is 0 Å². The zero-order chi connectivity index (χ0) is 12.1. The number of nitrogens with zero attached hydrogens (tertiary/aromatic N) is 1. The molecule has 1 aromatic carbocycles. The molecule has 4 nitrogen and oxygen atoms in total. The van der Waals surface area contributed by atoms with Crippen LogP contribution >= 0.6 is 0 Å². The number of ether oxygens (including phenoxy) is 1. The minimum Gasteiger partial charge on any atom is -0.486 e. The Balaban J connectivity index is 1.89. The average Bonchev–Trinajstić information content (AvgIpc) is 2.80. The van der Waals surface area contributed by atoms with Gasteiger partial charge >= 0.3 is 0 Å². The monoisotopic (exact) mass is 233 g/mol. The first kappa shape index (κ1) is 11.7. The van der Waals surface area contributed by atoms with E-state index in [-0.39, 0.29) is 6.10 Å². The number of aromatic nitrogens is 1. The Bertz CT molecular complexity index is 434. The van der Waals surface area contributed by atoms with E-state index in [0.717, 1.165) is 11.3 Å². The fraction of sp³-hybridized carbons (Fsp3) is 0.308. The van der Waals surface area contributed by atoms with Gasteiger partial charge in [0.2, 0.25) is 0 Å². The second-order valence-corrected chi connectivity index (χ2v) is 3.96. The topological polar surface area (TPSA) is 55.5 Å². The molecule has 0 aliphatic heterocycles. The van der Waals surface area contributed by atoms with E-state index in [9.17, 15) is 5.11 Å². The summed E-state index contributed by atoms with van der Waals surface area (Å²) in [7, 11) is 0. The molecule has 17 heavy (non-hydrogen) atoms. The number of hydrogen-bond donors (Lipinski definition) is 1. The van der Waals surface area contributed by atoms with Crippen molar-refractivity contribution >= 4 is 0 Å². The summed E-state index contributed by atoms with van der Waals surface area (Å²) in [6.45, 7) is 2.14. The van der Waals surface area contributed by atoms with Crippen molar-refractivity contribution in [1.82, 2.24) is 5.16 Å². The van der Waals surface area contributed by atoms with Crippen molar-refractivity contribution in [3.8, 4) is 5.75 Å². The van der Waals surface area contributed by atoms with Crippen LogP contribution in [0, 0.1) is 0 Å². The molecule has 2 rings (SSSR count). The second kappa shape index (κ2) is 5.50. The van der Waals surface area contributed by atoms with Crippen molar-refractivity contribution in [2.45, 2.75) is 26.1 Å². The minimum atomic E-state index is -0.323. The summed E-state index contributed by atoms with van der Waals surface area (Å²) >= 11 is 0. The Labute approximate surface area is 99.8 Å². The predicted octanol–water partition coefficient (Wildman–Crippen LogP) is 2.18. The van der Waals surface area contributed by atoms with Gasteiger partial charge in [0.25, 0.3) is 0 Å². The number of aliphatic hydroxyl groups is 1. The fourth-order valence-corrected chi connectivity index (χ4v) is 1.53. The van der Waals surface area contributed by atoms with E-state index in [2.05, 4.69) is 5.16 Å². The van der Waals surface area contributed by atoms with Gasteiger partial charge in [0.05, 0.1) is 12.3 Å².